The predicted molar refractivity (Wildman–Crippen MR) is 105 cm³/mol. The van der Waals surface area contributed by atoms with Gasteiger partial charge in [-0.05, 0) is 63.5 Å². The number of allylic oxidation sites excluding steroid dienone is 2. The molecule has 148 valence electrons. The van der Waals surface area contributed by atoms with Gasteiger partial charge in [0.2, 0.25) is 0 Å². The molecule has 1 saturated carbocycles. The third-order valence-corrected chi connectivity index (χ3v) is 5.54. The Hall–Kier alpha value is -2.28. The molecule has 0 aliphatic heterocycles. The maximum atomic E-state index is 14.3. The molecule has 0 spiro atoms. The summed E-state index contributed by atoms with van der Waals surface area (Å²) in [4.78, 5) is 0. The molecule has 0 nitrogen and oxygen atoms in total. The van der Waals surface area contributed by atoms with Crippen LogP contribution >= 0.6 is 0 Å². The van der Waals surface area contributed by atoms with E-state index in [2.05, 4.69) is 24.0 Å². The number of hydrogen-bond acceptors (Lipinski definition) is 0. The van der Waals surface area contributed by atoms with E-state index in [4.69, 9.17) is 0 Å². The van der Waals surface area contributed by atoms with Gasteiger partial charge >= 0.3 is 6.18 Å². The molecule has 0 atom stereocenters. The fourth-order valence-corrected chi connectivity index (χ4v) is 3.92. The van der Waals surface area contributed by atoms with Crippen molar-refractivity contribution in [2.45, 2.75) is 51.6 Å². The number of fused-ring (bicyclic) bond motifs is 1. The van der Waals surface area contributed by atoms with Crippen molar-refractivity contribution in [3.63, 3.8) is 0 Å². The van der Waals surface area contributed by atoms with Crippen LogP contribution in [0, 0.1) is 29.5 Å². The minimum Gasteiger partial charge on any atom is -0.206 e. The fourth-order valence-electron chi connectivity index (χ4n) is 3.92. The predicted octanol–water partition coefficient (Wildman–Crippen LogP) is 7.51. The summed E-state index contributed by atoms with van der Waals surface area (Å²) in [5.74, 6) is 6.20. The Kier molecular flexibility index (Phi) is 6.44. The highest BCUT2D eigenvalue weighted by Gasteiger charge is 2.34. The first kappa shape index (κ1) is 20.5. The van der Waals surface area contributed by atoms with Gasteiger partial charge in [-0.2, -0.15) is 13.2 Å². The maximum Gasteiger partial charge on any atom is 0.419 e. The zero-order valence-electron chi connectivity index (χ0n) is 16.0. The molecule has 0 radical (unpaired) electrons. The third kappa shape index (κ3) is 4.76. The summed E-state index contributed by atoms with van der Waals surface area (Å²) in [7, 11) is 0. The molecule has 2 aromatic rings. The first-order valence-corrected chi connectivity index (χ1v) is 9.81. The number of halogens is 4. The Labute approximate surface area is 163 Å². The van der Waals surface area contributed by atoms with Gasteiger partial charge in [-0.15, -0.1) is 0 Å². The van der Waals surface area contributed by atoms with Gasteiger partial charge in [0.1, 0.15) is 5.82 Å². The maximum absolute atomic E-state index is 14.3. The van der Waals surface area contributed by atoms with Gasteiger partial charge in [0, 0.05) is 22.3 Å². The third-order valence-electron chi connectivity index (χ3n) is 5.54. The van der Waals surface area contributed by atoms with Crippen LogP contribution in [0.5, 0.6) is 0 Å². The first-order valence-electron chi connectivity index (χ1n) is 9.81. The smallest absolute Gasteiger partial charge is 0.206 e. The van der Waals surface area contributed by atoms with Gasteiger partial charge in [-0.1, -0.05) is 42.2 Å². The lowest BCUT2D eigenvalue weighted by Crippen LogP contribution is -2.13. The number of benzene rings is 2. The number of alkyl halides is 3. The van der Waals surface area contributed by atoms with Crippen LogP contribution in [-0.4, -0.2) is 0 Å². The molecule has 4 heteroatoms. The standard InChI is InChI=1S/C24H24F4/c1-2-3-4-6-17-9-11-18(12-10-17)13-14-19-7-5-8-21-20(19)15-16-22(23(21)25)24(26,27)28/h2-3,5,7-8,15-18H,4,6,9-12H2,1H3/b3-2+. The zero-order valence-corrected chi connectivity index (χ0v) is 16.0. The van der Waals surface area contributed by atoms with Gasteiger partial charge in [-0.3, -0.25) is 0 Å². The van der Waals surface area contributed by atoms with Gasteiger partial charge in [0.05, 0.1) is 5.56 Å². The molecule has 1 fully saturated rings. The van der Waals surface area contributed by atoms with Crippen molar-refractivity contribution in [3.8, 4) is 11.8 Å². The second-order valence-corrected chi connectivity index (χ2v) is 7.46. The SMILES string of the molecule is C/C=C/CCC1CCC(C#Cc2cccc3c(F)c(C(F)(F)F)ccc23)CC1. The van der Waals surface area contributed by atoms with E-state index in [1.807, 2.05) is 6.92 Å². The van der Waals surface area contributed by atoms with E-state index in [-0.39, 0.29) is 5.39 Å². The molecule has 0 heterocycles. The van der Waals surface area contributed by atoms with Crippen molar-refractivity contribution in [1.29, 1.82) is 0 Å². The van der Waals surface area contributed by atoms with E-state index in [0.29, 0.717) is 16.9 Å². The highest BCUT2D eigenvalue weighted by Crippen LogP contribution is 2.35. The molecule has 1 aliphatic rings. The van der Waals surface area contributed by atoms with Crippen molar-refractivity contribution in [2.75, 3.05) is 0 Å². The highest BCUT2D eigenvalue weighted by atomic mass is 19.4. The Balaban J connectivity index is 1.75. The van der Waals surface area contributed by atoms with E-state index >= 15 is 0 Å². The summed E-state index contributed by atoms with van der Waals surface area (Å²) in [6.45, 7) is 2.04. The summed E-state index contributed by atoms with van der Waals surface area (Å²) < 4.78 is 53.1. The lowest BCUT2D eigenvalue weighted by molar-refractivity contribution is -0.139. The quantitative estimate of drug-likeness (QED) is 0.290. The van der Waals surface area contributed by atoms with E-state index in [1.165, 1.54) is 18.6 Å². The Morgan fingerprint density at radius 2 is 1.79 bits per heavy atom. The van der Waals surface area contributed by atoms with Crippen molar-refractivity contribution >= 4 is 10.8 Å². The molecule has 0 amide bonds. The lowest BCUT2D eigenvalue weighted by atomic mass is 9.80. The molecule has 28 heavy (non-hydrogen) atoms. The second kappa shape index (κ2) is 8.82. The largest absolute Gasteiger partial charge is 0.419 e. The molecular formula is C24H24F4. The average molecular weight is 388 g/mol. The summed E-state index contributed by atoms with van der Waals surface area (Å²) >= 11 is 0. The van der Waals surface area contributed by atoms with Gasteiger partial charge < -0.3 is 0 Å². The molecule has 2 aromatic carbocycles. The van der Waals surface area contributed by atoms with E-state index in [1.54, 1.807) is 12.1 Å². The monoisotopic (exact) mass is 388 g/mol. The van der Waals surface area contributed by atoms with Crippen molar-refractivity contribution in [3.05, 3.63) is 59.4 Å². The lowest BCUT2D eigenvalue weighted by Gasteiger charge is -2.25. The van der Waals surface area contributed by atoms with Crippen molar-refractivity contribution < 1.29 is 17.6 Å². The minimum absolute atomic E-state index is 0.0330. The molecule has 0 aromatic heterocycles. The average Bonchev–Trinajstić information content (AvgIpc) is 2.67. The number of hydrogen-bond donors (Lipinski definition) is 0. The zero-order chi connectivity index (χ0) is 20.1. The molecule has 0 N–H and O–H groups in total. The van der Waals surface area contributed by atoms with Gasteiger partial charge in [0.25, 0.3) is 0 Å². The first-order chi connectivity index (χ1) is 13.4. The molecule has 1 aliphatic carbocycles. The number of rotatable bonds is 3. The van der Waals surface area contributed by atoms with E-state index in [0.717, 1.165) is 44.1 Å². The van der Waals surface area contributed by atoms with Crippen LogP contribution in [0.1, 0.15) is 56.6 Å². The van der Waals surface area contributed by atoms with Crippen LogP contribution in [0.4, 0.5) is 17.6 Å². The van der Waals surface area contributed by atoms with Crippen LogP contribution in [0.15, 0.2) is 42.5 Å². The summed E-state index contributed by atoms with van der Waals surface area (Å²) in [6, 6.07) is 6.81. The topological polar surface area (TPSA) is 0 Å². The van der Waals surface area contributed by atoms with Crippen LogP contribution in [-0.2, 0) is 6.18 Å². The van der Waals surface area contributed by atoms with Crippen molar-refractivity contribution in [1.82, 2.24) is 0 Å². The molecule has 3 rings (SSSR count). The summed E-state index contributed by atoms with van der Waals surface area (Å²) in [6.07, 6.45) is 6.35. The van der Waals surface area contributed by atoms with E-state index in [9.17, 15) is 17.6 Å². The Morgan fingerprint density at radius 1 is 1.04 bits per heavy atom. The second-order valence-electron chi connectivity index (χ2n) is 7.46. The Bertz CT molecular complexity index is 904. The highest BCUT2D eigenvalue weighted by molar-refractivity contribution is 5.89. The van der Waals surface area contributed by atoms with Crippen LogP contribution in [0.25, 0.3) is 10.8 Å². The molecular weight excluding hydrogens is 364 g/mol. The molecule has 0 bridgehead atoms. The minimum atomic E-state index is -4.70. The molecule has 0 unspecified atom stereocenters. The van der Waals surface area contributed by atoms with Gasteiger partial charge in [-0.25, -0.2) is 4.39 Å². The van der Waals surface area contributed by atoms with E-state index < -0.39 is 17.6 Å². The normalized spacial score (nSPS) is 20.3. The fraction of sp³-hybridized carbons (Fsp3) is 0.417. The van der Waals surface area contributed by atoms with Crippen molar-refractivity contribution in [2.24, 2.45) is 11.8 Å². The summed E-state index contributed by atoms with van der Waals surface area (Å²) in [5, 5.41) is 0.398. The summed E-state index contributed by atoms with van der Waals surface area (Å²) in [5.41, 5.74) is -0.651. The molecule has 0 saturated heterocycles. The van der Waals surface area contributed by atoms with Crippen LogP contribution < -0.4 is 0 Å². The van der Waals surface area contributed by atoms with Crippen LogP contribution in [0.2, 0.25) is 0 Å². The Morgan fingerprint density at radius 3 is 2.46 bits per heavy atom. The van der Waals surface area contributed by atoms with Gasteiger partial charge in [0.15, 0.2) is 0 Å². The van der Waals surface area contributed by atoms with Crippen LogP contribution in [0.3, 0.4) is 0 Å².